The molecule has 4 rings (SSSR count). The highest BCUT2D eigenvalue weighted by atomic mass is 15.2. The second-order valence-corrected chi connectivity index (χ2v) is 6.26. The van der Waals surface area contributed by atoms with E-state index in [-0.39, 0.29) is 0 Å². The van der Waals surface area contributed by atoms with Crippen molar-refractivity contribution in [3.05, 3.63) is 66.2 Å². The SMILES string of the molecule is CCCNc1cc(N2CCc3ccccc32)nc(-c2ccccc2)n1. The standard InChI is InChI=1S/C21H22N4/c1-2-13-22-19-15-20(24-21(23-19)17-9-4-3-5-10-17)25-14-12-16-8-6-7-11-18(16)25/h3-11,15H,2,12-14H2,1H3,(H,22,23,24). The summed E-state index contributed by atoms with van der Waals surface area (Å²) in [5.74, 6) is 2.61. The zero-order valence-corrected chi connectivity index (χ0v) is 14.4. The van der Waals surface area contributed by atoms with E-state index in [0.717, 1.165) is 49.0 Å². The predicted octanol–water partition coefficient (Wildman–Crippen LogP) is 4.66. The van der Waals surface area contributed by atoms with E-state index in [1.54, 1.807) is 0 Å². The van der Waals surface area contributed by atoms with E-state index in [9.17, 15) is 0 Å². The molecule has 0 aliphatic carbocycles. The van der Waals surface area contributed by atoms with Crippen LogP contribution in [0.25, 0.3) is 11.4 Å². The van der Waals surface area contributed by atoms with Gasteiger partial charge < -0.3 is 10.2 Å². The summed E-state index contributed by atoms with van der Waals surface area (Å²) in [4.78, 5) is 11.9. The van der Waals surface area contributed by atoms with Crippen LogP contribution >= 0.6 is 0 Å². The first-order valence-electron chi connectivity index (χ1n) is 8.89. The fraction of sp³-hybridized carbons (Fsp3) is 0.238. The molecule has 0 bridgehead atoms. The molecule has 0 saturated heterocycles. The smallest absolute Gasteiger partial charge is 0.163 e. The lowest BCUT2D eigenvalue weighted by Crippen LogP contribution is -2.16. The molecular weight excluding hydrogens is 308 g/mol. The van der Waals surface area contributed by atoms with Crippen molar-refractivity contribution in [3.63, 3.8) is 0 Å². The van der Waals surface area contributed by atoms with Crippen molar-refractivity contribution in [2.75, 3.05) is 23.3 Å². The lowest BCUT2D eigenvalue weighted by atomic mass is 10.2. The Kier molecular flexibility index (Phi) is 4.34. The molecule has 2 aromatic carbocycles. The summed E-state index contributed by atoms with van der Waals surface area (Å²) in [5, 5.41) is 3.41. The van der Waals surface area contributed by atoms with Crippen molar-refractivity contribution < 1.29 is 0 Å². The van der Waals surface area contributed by atoms with E-state index in [0.29, 0.717) is 0 Å². The molecule has 1 aliphatic rings. The van der Waals surface area contributed by atoms with Gasteiger partial charge in [0.25, 0.3) is 0 Å². The Morgan fingerprint density at radius 2 is 1.80 bits per heavy atom. The van der Waals surface area contributed by atoms with Gasteiger partial charge >= 0.3 is 0 Å². The van der Waals surface area contributed by atoms with Crippen molar-refractivity contribution in [2.45, 2.75) is 19.8 Å². The number of benzene rings is 2. The Morgan fingerprint density at radius 3 is 2.64 bits per heavy atom. The third-order valence-corrected chi connectivity index (χ3v) is 4.46. The molecule has 2 heterocycles. The molecule has 1 aliphatic heterocycles. The van der Waals surface area contributed by atoms with Crippen LogP contribution in [0.2, 0.25) is 0 Å². The number of nitrogens with one attached hydrogen (secondary N) is 1. The van der Waals surface area contributed by atoms with Gasteiger partial charge in [0, 0.05) is 30.4 Å². The number of rotatable bonds is 5. The van der Waals surface area contributed by atoms with Gasteiger partial charge in [-0.05, 0) is 24.5 Å². The molecule has 1 aromatic heterocycles. The van der Waals surface area contributed by atoms with Crippen molar-refractivity contribution in [2.24, 2.45) is 0 Å². The summed E-state index contributed by atoms with van der Waals surface area (Å²) in [6, 6.07) is 20.8. The van der Waals surface area contributed by atoms with Gasteiger partial charge in [-0.25, -0.2) is 9.97 Å². The van der Waals surface area contributed by atoms with Crippen molar-refractivity contribution in [3.8, 4) is 11.4 Å². The molecule has 0 unspecified atom stereocenters. The number of para-hydroxylation sites is 1. The molecule has 0 radical (unpaired) electrons. The van der Waals surface area contributed by atoms with Gasteiger partial charge in [0.05, 0.1) is 0 Å². The second kappa shape index (κ2) is 6.93. The summed E-state index contributed by atoms with van der Waals surface area (Å²) in [7, 11) is 0. The highest BCUT2D eigenvalue weighted by molar-refractivity contribution is 5.71. The molecule has 4 heteroatoms. The van der Waals surface area contributed by atoms with Gasteiger partial charge in [-0.1, -0.05) is 55.5 Å². The topological polar surface area (TPSA) is 41.0 Å². The van der Waals surface area contributed by atoms with E-state index < -0.39 is 0 Å². The second-order valence-electron chi connectivity index (χ2n) is 6.26. The monoisotopic (exact) mass is 330 g/mol. The van der Waals surface area contributed by atoms with Crippen LogP contribution in [0.3, 0.4) is 0 Å². The molecule has 25 heavy (non-hydrogen) atoms. The first kappa shape index (κ1) is 15.6. The molecular formula is C21H22N4. The normalized spacial score (nSPS) is 12.9. The van der Waals surface area contributed by atoms with Crippen molar-refractivity contribution in [1.29, 1.82) is 0 Å². The largest absolute Gasteiger partial charge is 0.370 e. The molecule has 0 spiro atoms. The van der Waals surface area contributed by atoms with E-state index in [4.69, 9.17) is 9.97 Å². The minimum absolute atomic E-state index is 0.765. The molecule has 0 amide bonds. The van der Waals surface area contributed by atoms with Gasteiger partial charge in [0.1, 0.15) is 11.6 Å². The molecule has 4 nitrogen and oxygen atoms in total. The lowest BCUT2D eigenvalue weighted by Gasteiger charge is -2.20. The maximum atomic E-state index is 4.87. The average Bonchev–Trinajstić information content (AvgIpc) is 3.11. The number of aromatic nitrogens is 2. The minimum Gasteiger partial charge on any atom is -0.370 e. The molecule has 3 aromatic rings. The Bertz CT molecular complexity index is 861. The highest BCUT2D eigenvalue weighted by Crippen LogP contribution is 2.34. The first-order valence-corrected chi connectivity index (χ1v) is 8.89. The van der Waals surface area contributed by atoms with Crippen LogP contribution in [-0.2, 0) is 6.42 Å². The fourth-order valence-corrected chi connectivity index (χ4v) is 3.21. The minimum atomic E-state index is 0.765. The number of hydrogen-bond acceptors (Lipinski definition) is 4. The summed E-state index contributed by atoms with van der Waals surface area (Å²) >= 11 is 0. The molecule has 126 valence electrons. The predicted molar refractivity (Wildman–Crippen MR) is 103 cm³/mol. The summed E-state index contributed by atoms with van der Waals surface area (Å²) in [6.45, 7) is 4.02. The molecule has 0 fully saturated rings. The molecule has 1 N–H and O–H groups in total. The van der Waals surface area contributed by atoms with E-state index >= 15 is 0 Å². The summed E-state index contributed by atoms with van der Waals surface area (Å²) in [6.07, 6.45) is 2.12. The fourth-order valence-electron chi connectivity index (χ4n) is 3.21. The highest BCUT2D eigenvalue weighted by Gasteiger charge is 2.22. The lowest BCUT2D eigenvalue weighted by molar-refractivity contribution is 0.948. The van der Waals surface area contributed by atoms with Gasteiger partial charge in [0.2, 0.25) is 0 Å². The quantitative estimate of drug-likeness (QED) is 0.739. The summed E-state index contributed by atoms with van der Waals surface area (Å²) < 4.78 is 0. The number of fused-ring (bicyclic) bond motifs is 1. The average molecular weight is 330 g/mol. The number of hydrogen-bond donors (Lipinski definition) is 1. The molecule has 0 saturated carbocycles. The number of anilines is 3. The van der Waals surface area contributed by atoms with E-state index in [1.807, 2.05) is 18.2 Å². The van der Waals surface area contributed by atoms with Gasteiger partial charge in [-0.2, -0.15) is 0 Å². The zero-order chi connectivity index (χ0) is 17.1. The van der Waals surface area contributed by atoms with Crippen LogP contribution in [-0.4, -0.2) is 23.1 Å². The maximum Gasteiger partial charge on any atom is 0.163 e. The van der Waals surface area contributed by atoms with E-state index in [1.165, 1.54) is 11.3 Å². The van der Waals surface area contributed by atoms with Crippen LogP contribution in [0, 0.1) is 0 Å². The Balaban J connectivity index is 1.77. The van der Waals surface area contributed by atoms with Crippen LogP contribution in [0.15, 0.2) is 60.7 Å². The Morgan fingerprint density at radius 1 is 1.00 bits per heavy atom. The Hall–Kier alpha value is -2.88. The van der Waals surface area contributed by atoms with Crippen molar-refractivity contribution >= 4 is 17.3 Å². The van der Waals surface area contributed by atoms with Gasteiger partial charge in [-0.15, -0.1) is 0 Å². The third-order valence-electron chi connectivity index (χ3n) is 4.46. The van der Waals surface area contributed by atoms with Crippen LogP contribution in [0.5, 0.6) is 0 Å². The zero-order valence-electron chi connectivity index (χ0n) is 14.4. The first-order chi connectivity index (χ1) is 12.3. The maximum absolute atomic E-state index is 4.87. The summed E-state index contributed by atoms with van der Waals surface area (Å²) in [5.41, 5.74) is 3.67. The third kappa shape index (κ3) is 3.20. The van der Waals surface area contributed by atoms with Gasteiger partial charge in [-0.3, -0.25) is 0 Å². The van der Waals surface area contributed by atoms with Crippen LogP contribution < -0.4 is 10.2 Å². The Labute approximate surface area is 148 Å². The van der Waals surface area contributed by atoms with Gasteiger partial charge in [0.15, 0.2) is 5.82 Å². The van der Waals surface area contributed by atoms with Crippen LogP contribution in [0.1, 0.15) is 18.9 Å². The van der Waals surface area contributed by atoms with Crippen LogP contribution in [0.4, 0.5) is 17.3 Å². The molecule has 0 atom stereocenters. The number of nitrogens with zero attached hydrogens (tertiary/aromatic N) is 3. The van der Waals surface area contributed by atoms with Crippen molar-refractivity contribution in [1.82, 2.24) is 9.97 Å². The van der Waals surface area contributed by atoms with E-state index in [2.05, 4.69) is 59.6 Å².